The molecule has 0 bridgehead atoms. The second kappa shape index (κ2) is 7.81. The molecule has 0 aliphatic carbocycles. The zero-order valence-electron chi connectivity index (χ0n) is 10.0. The first-order valence-electron chi connectivity index (χ1n) is 5.53. The highest BCUT2D eigenvalue weighted by atomic mass is 35.5. The van der Waals surface area contributed by atoms with Crippen LogP contribution in [0.2, 0.25) is 0 Å². The SMILES string of the molecule is CC1CNCCC1NC(=O)COCC(F)(F)F.Cl. The molecule has 1 fully saturated rings. The number of alkyl halides is 3. The monoisotopic (exact) mass is 290 g/mol. The Balaban J connectivity index is 0.00000289. The lowest BCUT2D eigenvalue weighted by Crippen LogP contribution is -2.49. The van der Waals surface area contributed by atoms with Crippen LogP contribution in [-0.2, 0) is 9.53 Å². The standard InChI is InChI=1S/C10H17F3N2O2.ClH/c1-7-4-14-3-2-8(7)15-9(16)5-17-6-10(11,12)13;/h7-8,14H,2-6H2,1H3,(H,15,16);1H. The van der Waals surface area contributed by atoms with E-state index in [1.807, 2.05) is 6.92 Å². The van der Waals surface area contributed by atoms with Gasteiger partial charge in [0.05, 0.1) is 0 Å². The molecule has 1 rings (SSSR count). The van der Waals surface area contributed by atoms with Gasteiger partial charge < -0.3 is 15.4 Å². The highest BCUT2D eigenvalue weighted by molar-refractivity contribution is 5.85. The maximum Gasteiger partial charge on any atom is 0.411 e. The summed E-state index contributed by atoms with van der Waals surface area (Å²) in [6.45, 7) is 1.65. The van der Waals surface area contributed by atoms with Gasteiger partial charge in [-0.15, -0.1) is 12.4 Å². The molecule has 0 aromatic rings. The van der Waals surface area contributed by atoms with Crippen LogP contribution in [0.3, 0.4) is 0 Å². The Morgan fingerprint density at radius 2 is 2.17 bits per heavy atom. The van der Waals surface area contributed by atoms with Gasteiger partial charge in [-0.25, -0.2) is 0 Å². The summed E-state index contributed by atoms with van der Waals surface area (Å²) in [5.74, 6) is -0.219. The first-order valence-corrected chi connectivity index (χ1v) is 5.53. The number of carbonyl (C=O) groups excluding carboxylic acids is 1. The zero-order chi connectivity index (χ0) is 12.9. The summed E-state index contributed by atoms with van der Waals surface area (Å²) in [5, 5.41) is 5.85. The van der Waals surface area contributed by atoms with Crippen molar-refractivity contribution < 1.29 is 22.7 Å². The van der Waals surface area contributed by atoms with Crippen molar-refractivity contribution in [2.75, 3.05) is 26.3 Å². The van der Waals surface area contributed by atoms with E-state index < -0.39 is 25.3 Å². The second-order valence-corrected chi connectivity index (χ2v) is 4.25. The molecule has 0 radical (unpaired) electrons. The van der Waals surface area contributed by atoms with Gasteiger partial charge in [0.2, 0.25) is 5.91 Å². The van der Waals surface area contributed by atoms with Crippen molar-refractivity contribution in [1.82, 2.24) is 10.6 Å². The molecule has 0 spiro atoms. The fraction of sp³-hybridized carbons (Fsp3) is 0.900. The van der Waals surface area contributed by atoms with Crippen molar-refractivity contribution in [2.24, 2.45) is 5.92 Å². The molecule has 1 amide bonds. The van der Waals surface area contributed by atoms with Crippen molar-refractivity contribution in [2.45, 2.75) is 25.6 Å². The molecule has 2 atom stereocenters. The molecule has 2 N–H and O–H groups in total. The van der Waals surface area contributed by atoms with Crippen LogP contribution in [0.4, 0.5) is 13.2 Å². The van der Waals surface area contributed by atoms with E-state index in [1.54, 1.807) is 0 Å². The normalized spacial score (nSPS) is 24.2. The molecule has 1 saturated heterocycles. The van der Waals surface area contributed by atoms with E-state index in [0.717, 1.165) is 19.5 Å². The Bertz CT molecular complexity index is 264. The summed E-state index contributed by atoms with van der Waals surface area (Å²) in [6.07, 6.45) is -3.60. The summed E-state index contributed by atoms with van der Waals surface area (Å²) in [5.41, 5.74) is 0. The molecule has 18 heavy (non-hydrogen) atoms. The number of hydrogen-bond acceptors (Lipinski definition) is 3. The Morgan fingerprint density at radius 1 is 1.50 bits per heavy atom. The lowest BCUT2D eigenvalue weighted by atomic mass is 9.95. The number of ether oxygens (including phenoxy) is 1. The van der Waals surface area contributed by atoms with E-state index in [-0.39, 0.29) is 24.4 Å². The Hall–Kier alpha value is -0.530. The quantitative estimate of drug-likeness (QED) is 0.815. The number of rotatable bonds is 4. The molecule has 8 heteroatoms. The first kappa shape index (κ1) is 17.5. The Labute approximate surface area is 110 Å². The summed E-state index contributed by atoms with van der Waals surface area (Å²) >= 11 is 0. The van der Waals surface area contributed by atoms with Gasteiger partial charge in [-0.05, 0) is 25.4 Å². The van der Waals surface area contributed by atoms with Gasteiger partial charge in [-0.2, -0.15) is 13.2 Å². The highest BCUT2D eigenvalue weighted by Gasteiger charge is 2.28. The molecule has 1 aliphatic heterocycles. The summed E-state index contributed by atoms with van der Waals surface area (Å²) in [6, 6.07) is 0.0123. The van der Waals surface area contributed by atoms with E-state index in [9.17, 15) is 18.0 Å². The van der Waals surface area contributed by atoms with E-state index in [2.05, 4.69) is 15.4 Å². The minimum Gasteiger partial charge on any atom is -0.362 e. The van der Waals surface area contributed by atoms with Crippen LogP contribution >= 0.6 is 12.4 Å². The van der Waals surface area contributed by atoms with E-state index >= 15 is 0 Å². The average molecular weight is 291 g/mol. The van der Waals surface area contributed by atoms with E-state index in [1.165, 1.54) is 0 Å². The fourth-order valence-corrected chi connectivity index (χ4v) is 1.74. The van der Waals surface area contributed by atoms with Crippen LogP contribution in [0.1, 0.15) is 13.3 Å². The number of piperidine rings is 1. The van der Waals surface area contributed by atoms with Crippen LogP contribution < -0.4 is 10.6 Å². The van der Waals surface area contributed by atoms with Gasteiger partial charge in [0.25, 0.3) is 0 Å². The minimum absolute atomic E-state index is 0. The Kier molecular flexibility index (Phi) is 7.58. The maximum absolute atomic E-state index is 11.8. The first-order chi connectivity index (χ1) is 7.88. The number of nitrogens with one attached hydrogen (secondary N) is 2. The van der Waals surface area contributed by atoms with Crippen molar-refractivity contribution in [3.05, 3.63) is 0 Å². The van der Waals surface area contributed by atoms with Crippen molar-refractivity contribution in [3.63, 3.8) is 0 Å². The predicted octanol–water partition coefficient (Wildman–Crippen LogP) is 1.10. The van der Waals surface area contributed by atoms with Gasteiger partial charge >= 0.3 is 6.18 Å². The van der Waals surface area contributed by atoms with Crippen LogP contribution in [-0.4, -0.2) is 44.4 Å². The van der Waals surface area contributed by atoms with E-state index in [4.69, 9.17) is 0 Å². The van der Waals surface area contributed by atoms with Crippen LogP contribution in [0, 0.1) is 5.92 Å². The molecule has 0 aromatic heterocycles. The van der Waals surface area contributed by atoms with Gasteiger partial charge in [-0.3, -0.25) is 4.79 Å². The average Bonchev–Trinajstić information content (AvgIpc) is 2.19. The van der Waals surface area contributed by atoms with Crippen LogP contribution in [0.15, 0.2) is 0 Å². The molecule has 4 nitrogen and oxygen atoms in total. The third-order valence-electron chi connectivity index (χ3n) is 2.63. The van der Waals surface area contributed by atoms with Crippen LogP contribution in [0.5, 0.6) is 0 Å². The second-order valence-electron chi connectivity index (χ2n) is 4.25. The number of hydrogen-bond donors (Lipinski definition) is 2. The molecule has 0 saturated carbocycles. The fourth-order valence-electron chi connectivity index (χ4n) is 1.74. The highest BCUT2D eigenvalue weighted by Crippen LogP contribution is 2.14. The minimum atomic E-state index is -4.39. The maximum atomic E-state index is 11.8. The summed E-state index contributed by atoms with van der Waals surface area (Å²) < 4.78 is 39.6. The number of carbonyl (C=O) groups is 1. The molecular weight excluding hydrogens is 273 g/mol. The molecule has 0 aromatic carbocycles. The lowest BCUT2D eigenvalue weighted by Gasteiger charge is -2.30. The Morgan fingerprint density at radius 3 is 2.72 bits per heavy atom. The zero-order valence-corrected chi connectivity index (χ0v) is 10.9. The molecule has 2 unspecified atom stereocenters. The number of amides is 1. The summed E-state index contributed by atoms with van der Waals surface area (Å²) in [4.78, 5) is 11.3. The van der Waals surface area contributed by atoms with Crippen molar-refractivity contribution in [3.8, 4) is 0 Å². The molecule has 1 heterocycles. The third-order valence-corrected chi connectivity index (χ3v) is 2.63. The van der Waals surface area contributed by atoms with Gasteiger partial charge in [0.15, 0.2) is 0 Å². The third kappa shape index (κ3) is 7.03. The van der Waals surface area contributed by atoms with Crippen LogP contribution in [0.25, 0.3) is 0 Å². The largest absolute Gasteiger partial charge is 0.411 e. The van der Waals surface area contributed by atoms with Gasteiger partial charge in [-0.1, -0.05) is 6.92 Å². The van der Waals surface area contributed by atoms with Crippen molar-refractivity contribution >= 4 is 18.3 Å². The van der Waals surface area contributed by atoms with Gasteiger partial charge in [0.1, 0.15) is 13.2 Å². The topological polar surface area (TPSA) is 50.4 Å². The van der Waals surface area contributed by atoms with Gasteiger partial charge in [0, 0.05) is 6.04 Å². The lowest BCUT2D eigenvalue weighted by molar-refractivity contribution is -0.175. The molecule has 108 valence electrons. The van der Waals surface area contributed by atoms with Crippen molar-refractivity contribution in [1.29, 1.82) is 0 Å². The molecule has 1 aliphatic rings. The predicted molar refractivity (Wildman–Crippen MR) is 62.7 cm³/mol. The van der Waals surface area contributed by atoms with E-state index in [0.29, 0.717) is 0 Å². The smallest absolute Gasteiger partial charge is 0.362 e. The molecular formula is C10H18ClF3N2O2. The number of halogens is 4. The summed E-state index contributed by atoms with van der Waals surface area (Å²) in [7, 11) is 0.